The highest BCUT2D eigenvalue weighted by Crippen LogP contribution is 2.12. The van der Waals surface area contributed by atoms with E-state index >= 15 is 0 Å². The molecule has 0 saturated carbocycles. The first-order valence-electron chi connectivity index (χ1n) is 5.59. The molecule has 0 bridgehead atoms. The highest BCUT2D eigenvalue weighted by molar-refractivity contribution is 7.91. The molecule has 1 N–H and O–H groups in total. The lowest BCUT2D eigenvalue weighted by Gasteiger charge is -2.12. The van der Waals surface area contributed by atoms with Crippen molar-refractivity contribution < 1.29 is 8.42 Å². The summed E-state index contributed by atoms with van der Waals surface area (Å²) >= 11 is 0. The number of benzene rings is 1. The highest BCUT2D eigenvalue weighted by atomic mass is 32.2. The van der Waals surface area contributed by atoms with Gasteiger partial charge in [0.1, 0.15) is 0 Å². The molecule has 0 saturated heterocycles. The van der Waals surface area contributed by atoms with Crippen molar-refractivity contribution in [3.8, 4) is 0 Å². The van der Waals surface area contributed by atoms with Crippen LogP contribution < -0.4 is 5.32 Å². The fourth-order valence-electron chi connectivity index (χ4n) is 1.51. The topological polar surface area (TPSA) is 46.2 Å². The van der Waals surface area contributed by atoms with E-state index in [1.54, 1.807) is 18.2 Å². The second kappa shape index (κ2) is 5.98. The molecule has 0 aliphatic rings. The number of rotatable bonds is 6. The molecule has 0 aliphatic carbocycles. The highest BCUT2D eigenvalue weighted by Gasteiger charge is 2.17. The first-order chi connectivity index (χ1) is 7.95. The van der Waals surface area contributed by atoms with Gasteiger partial charge in [-0.25, -0.2) is 8.42 Å². The summed E-state index contributed by atoms with van der Waals surface area (Å²) in [4.78, 5) is 0.385. The number of hydrogen-bond acceptors (Lipinski definition) is 3. The van der Waals surface area contributed by atoms with Crippen molar-refractivity contribution in [1.29, 1.82) is 0 Å². The van der Waals surface area contributed by atoms with Crippen LogP contribution in [0.5, 0.6) is 0 Å². The van der Waals surface area contributed by atoms with Gasteiger partial charge in [0, 0.05) is 12.6 Å². The molecule has 1 rings (SSSR count). The molecule has 1 atom stereocenters. The molecule has 3 nitrogen and oxygen atoms in total. The van der Waals surface area contributed by atoms with Crippen molar-refractivity contribution in [2.75, 3.05) is 12.3 Å². The zero-order valence-corrected chi connectivity index (χ0v) is 11.1. The Balaban J connectivity index is 2.74. The second-order valence-corrected chi connectivity index (χ2v) is 6.23. The normalized spacial score (nSPS) is 13.3. The van der Waals surface area contributed by atoms with Crippen molar-refractivity contribution in [3.05, 3.63) is 42.5 Å². The molecule has 0 unspecified atom stereocenters. The van der Waals surface area contributed by atoms with Gasteiger partial charge in [-0.05, 0) is 26.0 Å². The number of nitrogens with one attached hydrogen (secondary N) is 1. The molecule has 0 fully saturated rings. The monoisotopic (exact) mass is 253 g/mol. The first kappa shape index (κ1) is 13.9. The van der Waals surface area contributed by atoms with E-state index in [1.165, 1.54) is 0 Å². The third-order valence-corrected chi connectivity index (χ3v) is 4.39. The molecule has 0 aromatic heterocycles. The van der Waals surface area contributed by atoms with Gasteiger partial charge < -0.3 is 5.32 Å². The van der Waals surface area contributed by atoms with E-state index in [4.69, 9.17) is 0 Å². The first-order valence-corrected chi connectivity index (χ1v) is 7.24. The molecule has 0 spiro atoms. The van der Waals surface area contributed by atoms with E-state index in [2.05, 4.69) is 11.9 Å². The Labute approximate surface area is 103 Å². The summed E-state index contributed by atoms with van der Waals surface area (Å²) in [6.07, 6.45) is 1.72. The van der Waals surface area contributed by atoms with Gasteiger partial charge in [0.15, 0.2) is 9.84 Å². The number of sulfone groups is 1. The quantitative estimate of drug-likeness (QED) is 0.788. The second-order valence-electron chi connectivity index (χ2n) is 4.19. The molecular weight excluding hydrogens is 234 g/mol. The lowest BCUT2D eigenvalue weighted by Crippen LogP contribution is -2.33. The Morgan fingerprint density at radius 3 is 2.47 bits per heavy atom. The summed E-state index contributed by atoms with van der Waals surface area (Å²) < 4.78 is 24.1. The Morgan fingerprint density at radius 1 is 1.35 bits per heavy atom. The third kappa shape index (κ3) is 4.32. The smallest absolute Gasteiger partial charge is 0.179 e. The van der Waals surface area contributed by atoms with Crippen molar-refractivity contribution >= 4 is 9.84 Å². The molecule has 4 heteroatoms. The molecule has 1 aromatic carbocycles. The van der Waals surface area contributed by atoms with E-state index in [-0.39, 0.29) is 11.8 Å². The summed E-state index contributed by atoms with van der Waals surface area (Å²) in [5.74, 6) is 0.101. The van der Waals surface area contributed by atoms with Crippen LogP contribution in [-0.2, 0) is 9.84 Å². The van der Waals surface area contributed by atoms with Gasteiger partial charge in [0.25, 0.3) is 0 Å². The van der Waals surface area contributed by atoms with Gasteiger partial charge in [-0.3, -0.25) is 0 Å². The Hall–Kier alpha value is -1.13. The molecule has 0 heterocycles. The molecule has 1 aromatic rings. The van der Waals surface area contributed by atoms with Gasteiger partial charge in [0.2, 0.25) is 0 Å². The van der Waals surface area contributed by atoms with Crippen LogP contribution in [0.1, 0.15) is 12.5 Å². The lowest BCUT2D eigenvalue weighted by molar-refractivity contribution is 0.571. The summed E-state index contributed by atoms with van der Waals surface area (Å²) in [6, 6.07) is 6.86. The minimum absolute atomic E-state index is 0.0840. The zero-order chi connectivity index (χ0) is 12.9. The fraction of sp³-hybridized carbons (Fsp3) is 0.385. The van der Waals surface area contributed by atoms with Crippen LogP contribution in [0.3, 0.4) is 0 Å². The van der Waals surface area contributed by atoms with Gasteiger partial charge in [-0.2, -0.15) is 0 Å². The summed E-state index contributed by atoms with van der Waals surface area (Å²) in [5.41, 5.74) is 1.06. The van der Waals surface area contributed by atoms with Gasteiger partial charge in [-0.1, -0.05) is 23.8 Å². The van der Waals surface area contributed by atoms with Crippen LogP contribution in [0, 0.1) is 6.92 Å². The zero-order valence-electron chi connectivity index (χ0n) is 10.3. The Kier molecular flexibility index (Phi) is 4.90. The third-order valence-electron chi connectivity index (χ3n) is 2.46. The Morgan fingerprint density at radius 2 is 1.94 bits per heavy atom. The van der Waals surface area contributed by atoms with Crippen molar-refractivity contribution in [3.63, 3.8) is 0 Å². The van der Waals surface area contributed by atoms with Crippen LogP contribution in [0.4, 0.5) is 0 Å². The lowest BCUT2D eigenvalue weighted by atomic mass is 10.2. The van der Waals surface area contributed by atoms with Gasteiger partial charge in [0.05, 0.1) is 10.6 Å². The molecule has 17 heavy (non-hydrogen) atoms. The molecular formula is C13H19NO2S. The molecule has 0 aliphatic heterocycles. The van der Waals surface area contributed by atoms with E-state index in [0.29, 0.717) is 11.4 Å². The van der Waals surface area contributed by atoms with E-state index < -0.39 is 9.84 Å². The average molecular weight is 253 g/mol. The maximum atomic E-state index is 12.1. The molecule has 94 valence electrons. The molecule has 0 amide bonds. The predicted octanol–water partition coefficient (Wildman–Crippen LogP) is 1.93. The maximum absolute atomic E-state index is 12.1. The average Bonchev–Trinajstić information content (AvgIpc) is 2.26. The standard InChI is InChI=1S/C13H19NO2S/c1-4-9-14-12(3)10-17(15,16)13-7-5-11(2)6-8-13/h4-8,12,14H,1,9-10H2,2-3H3/t12-/m1/s1. The summed E-state index contributed by atoms with van der Waals surface area (Å²) in [7, 11) is -3.20. The molecule has 0 radical (unpaired) electrons. The van der Waals surface area contributed by atoms with Crippen LogP contribution in [-0.4, -0.2) is 26.8 Å². The number of hydrogen-bond donors (Lipinski definition) is 1. The van der Waals surface area contributed by atoms with E-state index in [9.17, 15) is 8.42 Å². The largest absolute Gasteiger partial charge is 0.310 e. The predicted molar refractivity (Wildman–Crippen MR) is 70.9 cm³/mol. The summed E-state index contributed by atoms with van der Waals surface area (Å²) in [5, 5.41) is 3.07. The van der Waals surface area contributed by atoms with Crippen LogP contribution in [0.25, 0.3) is 0 Å². The minimum atomic E-state index is -3.20. The van der Waals surface area contributed by atoms with Crippen LogP contribution in [0.15, 0.2) is 41.8 Å². The van der Waals surface area contributed by atoms with Crippen molar-refractivity contribution in [2.45, 2.75) is 24.8 Å². The van der Waals surface area contributed by atoms with Gasteiger partial charge in [-0.15, -0.1) is 6.58 Å². The van der Waals surface area contributed by atoms with Gasteiger partial charge >= 0.3 is 0 Å². The SMILES string of the molecule is C=CCN[C@H](C)CS(=O)(=O)c1ccc(C)cc1. The van der Waals surface area contributed by atoms with Crippen molar-refractivity contribution in [1.82, 2.24) is 5.32 Å². The minimum Gasteiger partial charge on any atom is -0.310 e. The fourth-order valence-corrected chi connectivity index (χ4v) is 3.03. The Bertz CT molecular complexity index is 463. The van der Waals surface area contributed by atoms with E-state index in [1.807, 2.05) is 26.0 Å². The van der Waals surface area contributed by atoms with Crippen LogP contribution >= 0.6 is 0 Å². The van der Waals surface area contributed by atoms with Crippen LogP contribution in [0.2, 0.25) is 0 Å². The number of aryl methyl sites for hydroxylation is 1. The van der Waals surface area contributed by atoms with Crippen molar-refractivity contribution in [2.24, 2.45) is 0 Å². The van der Waals surface area contributed by atoms with E-state index in [0.717, 1.165) is 5.56 Å². The maximum Gasteiger partial charge on any atom is 0.179 e. The summed E-state index contributed by atoms with van der Waals surface area (Å²) in [6.45, 7) is 7.99.